The molecule has 0 saturated carbocycles. The predicted octanol–water partition coefficient (Wildman–Crippen LogP) is 0.00580. The highest BCUT2D eigenvalue weighted by Crippen LogP contribution is 2.34. The topological polar surface area (TPSA) is 264 Å². The zero-order valence-electron chi connectivity index (χ0n) is 31.2. The van der Waals surface area contributed by atoms with Crippen LogP contribution in [0.2, 0.25) is 0 Å². The first-order chi connectivity index (χ1) is 27.7. The summed E-state index contributed by atoms with van der Waals surface area (Å²) in [4.78, 5) is 115. The number of likely N-dealkylation sites (N-methyl/N-ethyl adjacent to an activating group) is 1. The van der Waals surface area contributed by atoms with Crippen molar-refractivity contribution in [2.45, 2.75) is 37.8 Å². The maximum atomic E-state index is 13.2. The van der Waals surface area contributed by atoms with E-state index in [4.69, 9.17) is 10.5 Å². The number of phenols is 1. The molecule has 8 amide bonds. The summed E-state index contributed by atoms with van der Waals surface area (Å²) in [6, 6.07) is 14.2. The smallest absolute Gasteiger partial charge is 0.267 e. The molecule has 18 nitrogen and oxygen atoms in total. The van der Waals surface area contributed by atoms with Crippen molar-refractivity contribution in [3.63, 3.8) is 0 Å². The molecular formula is C40H39N7O11. The molecule has 2 heterocycles. The summed E-state index contributed by atoms with van der Waals surface area (Å²) < 4.78 is 5.50. The molecule has 1 fully saturated rings. The Hall–Kier alpha value is -7.37. The van der Waals surface area contributed by atoms with Crippen molar-refractivity contribution in [3.8, 4) is 11.5 Å². The van der Waals surface area contributed by atoms with Gasteiger partial charge in [0, 0.05) is 38.2 Å². The van der Waals surface area contributed by atoms with Crippen molar-refractivity contribution < 1.29 is 53.0 Å². The number of rotatable bonds is 14. The number of ketones is 1. The molecule has 2 atom stereocenters. The first-order valence-electron chi connectivity index (χ1n) is 18.2. The molecular weight excluding hydrogens is 754 g/mol. The number of allylic oxidation sites excluding steroid dienone is 1. The molecule has 18 heteroatoms. The van der Waals surface area contributed by atoms with Gasteiger partial charge in [-0.15, -0.1) is 0 Å². The number of nitrogens with zero attached hydrogens (tertiary/aromatic N) is 2. The zero-order chi connectivity index (χ0) is 41.7. The summed E-state index contributed by atoms with van der Waals surface area (Å²) >= 11 is 0. The second-order valence-corrected chi connectivity index (χ2v) is 13.7. The zero-order valence-corrected chi connectivity index (χ0v) is 31.2. The average Bonchev–Trinajstić information content (AvgIpc) is 3.72. The van der Waals surface area contributed by atoms with E-state index in [2.05, 4.69) is 21.3 Å². The Balaban J connectivity index is 0.925. The van der Waals surface area contributed by atoms with Crippen LogP contribution in [0.15, 0.2) is 72.4 Å². The molecule has 0 aromatic heterocycles. The predicted molar refractivity (Wildman–Crippen MR) is 202 cm³/mol. The quantitative estimate of drug-likeness (QED) is 0.0716. The molecule has 300 valence electrons. The van der Waals surface area contributed by atoms with E-state index in [0.717, 1.165) is 34.6 Å². The molecule has 6 rings (SSSR count). The Kier molecular flexibility index (Phi) is 11.9. The van der Waals surface area contributed by atoms with Gasteiger partial charge in [-0.1, -0.05) is 30.3 Å². The number of imide groups is 2. The van der Waals surface area contributed by atoms with Gasteiger partial charge in [0.2, 0.25) is 17.7 Å². The molecule has 2 unspecified atom stereocenters. The number of amides is 8. The van der Waals surface area contributed by atoms with E-state index < -0.39 is 78.0 Å². The number of hydrogen-bond acceptors (Lipinski definition) is 12. The standard InChI is InChI=1S/C40H39N7O11/c1-46(38(55)24-11-9-22(17-30(24)49)29(48)18-26(41)36(53)44-27-12-10-21-5-2-3-6-23(21)27)16-15-42-33(51)19-43-34(52)20-58-31-8-4-7-25-35(31)40(57)47(39(25)56)28-13-14-32(50)45-37(28)54/h2-9,11,17-18,27-28,49H,10,12-16,19-20,41H2,1H3,(H,42,51)(H,43,52)(H,44,53)(H,45,50,54)/b26-18-. The van der Waals surface area contributed by atoms with Crippen LogP contribution < -0.4 is 31.7 Å². The van der Waals surface area contributed by atoms with E-state index in [9.17, 15) is 48.3 Å². The summed E-state index contributed by atoms with van der Waals surface area (Å²) in [6.45, 7) is -1.11. The van der Waals surface area contributed by atoms with E-state index in [1.807, 2.05) is 24.3 Å². The Morgan fingerprint density at radius 2 is 1.72 bits per heavy atom. The number of carbonyl (C=O) groups excluding carboxylic acids is 9. The monoisotopic (exact) mass is 793 g/mol. The first kappa shape index (κ1) is 40.3. The average molecular weight is 794 g/mol. The van der Waals surface area contributed by atoms with Gasteiger partial charge in [0.1, 0.15) is 23.2 Å². The number of aryl methyl sites for hydroxylation is 1. The second kappa shape index (κ2) is 17.2. The number of carbonyl (C=O) groups is 9. The molecule has 1 aliphatic carbocycles. The summed E-state index contributed by atoms with van der Waals surface area (Å²) in [5.74, 6) is -6.60. The van der Waals surface area contributed by atoms with Gasteiger partial charge in [-0.25, -0.2) is 0 Å². The summed E-state index contributed by atoms with van der Waals surface area (Å²) in [5, 5.41) is 20.4. The summed E-state index contributed by atoms with van der Waals surface area (Å²) in [6.07, 6.45) is 2.40. The number of ether oxygens (including phenoxy) is 1. The number of nitrogens with two attached hydrogens (primary N) is 1. The molecule has 2 aliphatic heterocycles. The van der Waals surface area contributed by atoms with Crippen LogP contribution in [0, 0.1) is 0 Å². The molecule has 0 bridgehead atoms. The minimum absolute atomic E-state index is 0.00329. The Morgan fingerprint density at radius 3 is 2.48 bits per heavy atom. The maximum Gasteiger partial charge on any atom is 0.267 e. The molecule has 1 saturated heterocycles. The van der Waals surface area contributed by atoms with Crippen molar-refractivity contribution in [1.29, 1.82) is 0 Å². The van der Waals surface area contributed by atoms with Gasteiger partial charge in [0.25, 0.3) is 29.5 Å². The van der Waals surface area contributed by atoms with Crippen molar-refractivity contribution >= 4 is 53.0 Å². The van der Waals surface area contributed by atoms with Gasteiger partial charge in [0.15, 0.2) is 12.4 Å². The lowest BCUT2D eigenvalue weighted by Crippen LogP contribution is -2.54. The maximum absolute atomic E-state index is 13.2. The third kappa shape index (κ3) is 8.70. The van der Waals surface area contributed by atoms with Gasteiger partial charge in [-0.05, 0) is 60.7 Å². The van der Waals surface area contributed by atoms with E-state index >= 15 is 0 Å². The number of aromatic hydroxyl groups is 1. The van der Waals surface area contributed by atoms with Crippen LogP contribution in [-0.4, -0.2) is 107 Å². The number of hydrogen-bond donors (Lipinski definition) is 6. The fourth-order valence-electron chi connectivity index (χ4n) is 6.81. The SMILES string of the molecule is CN(CCNC(=O)CNC(=O)COc1cccc2c1C(=O)N(C1CCC(=O)NC1=O)C2=O)C(=O)c1ccc(C(=O)/C=C(\N)C(=O)NC2CCc3ccccc32)cc1O. The lowest BCUT2D eigenvalue weighted by molar-refractivity contribution is -0.136. The van der Waals surface area contributed by atoms with Gasteiger partial charge >= 0.3 is 0 Å². The number of piperidine rings is 1. The molecule has 7 N–H and O–H groups in total. The number of fused-ring (bicyclic) bond motifs is 2. The highest BCUT2D eigenvalue weighted by atomic mass is 16.5. The van der Waals surface area contributed by atoms with E-state index in [-0.39, 0.29) is 65.7 Å². The largest absolute Gasteiger partial charge is 0.507 e. The van der Waals surface area contributed by atoms with Gasteiger partial charge in [0.05, 0.1) is 29.3 Å². The molecule has 0 spiro atoms. The molecule has 58 heavy (non-hydrogen) atoms. The van der Waals surface area contributed by atoms with Crippen molar-refractivity contribution in [3.05, 3.63) is 106 Å². The summed E-state index contributed by atoms with van der Waals surface area (Å²) in [5.41, 5.74) is 7.45. The number of phenolic OH excluding ortho intramolecular Hbond substituents is 1. The van der Waals surface area contributed by atoms with E-state index in [0.29, 0.717) is 6.42 Å². The number of nitrogens with one attached hydrogen (secondary N) is 4. The van der Waals surface area contributed by atoms with Gasteiger partial charge in [-0.3, -0.25) is 53.4 Å². The highest BCUT2D eigenvalue weighted by Gasteiger charge is 2.46. The Bertz CT molecular complexity index is 2290. The van der Waals surface area contributed by atoms with Gasteiger partial charge in [-0.2, -0.15) is 0 Å². The molecule has 3 aliphatic rings. The van der Waals surface area contributed by atoms with Crippen LogP contribution >= 0.6 is 0 Å². The summed E-state index contributed by atoms with van der Waals surface area (Å²) in [7, 11) is 1.43. The van der Waals surface area contributed by atoms with Crippen LogP contribution in [0.5, 0.6) is 11.5 Å². The lowest BCUT2D eigenvalue weighted by Gasteiger charge is -2.27. The fourth-order valence-corrected chi connectivity index (χ4v) is 6.81. The highest BCUT2D eigenvalue weighted by molar-refractivity contribution is 6.24. The first-order valence-corrected chi connectivity index (χ1v) is 18.2. The van der Waals surface area contributed by atoms with Crippen LogP contribution in [0.3, 0.4) is 0 Å². The Labute approximate surface area is 330 Å². The van der Waals surface area contributed by atoms with Crippen LogP contribution in [0.4, 0.5) is 0 Å². The molecule has 3 aromatic rings. The minimum atomic E-state index is -1.17. The normalized spacial score (nSPS) is 17.2. The lowest BCUT2D eigenvalue weighted by atomic mass is 10.0. The Morgan fingerprint density at radius 1 is 0.948 bits per heavy atom. The van der Waals surface area contributed by atoms with Gasteiger partial charge < -0.3 is 36.4 Å². The minimum Gasteiger partial charge on any atom is -0.507 e. The second-order valence-electron chi connectivity index (χ2n) is 13.7. The van der Waals surface area contributed by atoms with Crippen LogP contribution in [0.25, 0.3) is 0 Å². The van der Waals surface area contributed by atoms with Crippen molar-refractivity contribution in [1.82, 2.24) is 31.1 Å². The fraction of sp³-hybridized carbons (Fsp3) is 0.275. The molecule has 3 aromatic carbocycles. The third-order valence-corrected chi connectivity index (χ3v) is 9.85. The number of benzene rings is 3. The van der Waals surface area contributed by atoms with Crippen LogP contribution in [0.1, 0.15) is 77.9 Å². The van der Waals surface area contributed by atoms with E-state index in [1.165, 1.54) is 42.3 Å². The van der Waals surface area contributed by atoms with E-state index in [1.54, 1.807) is 0 Å². The third-order valence-electron chi connectivity index (χ3n) is 9.85. The van der Waals surface area contributed by atoms with Crippen LogP contribution in [-0.2, 0) is 30.4 Å². The van der Waals surface area contributed by atoms with Crippen molar-refractivity contribution in [2.75, 3.05) is 33.3 Å². The van der Waals surface area contributed by atoms with Crippen molar-refractivity contribution in [2.24, 2.45) is 5.73 Å². The molecule has 0 radical (unpaired) electrons.